The summed E-state index contributed by atoms with van der Waals surface area (Å²) in [6.45, 7) is 13.3. The number of aromatic nitrogens is 1. The molecule has 1 amide bonds. The van der Waals surface area contributed by atoms with Crippen LogP contribution in [0.2, 0.25) is 0 Å². The maximum atomic E-state index is 12.2. The van der Waals surface area contributed by atoms with Crippen LogP contribution in [0.1, 0.15) is 81.9 Å². The Hall–Kier alpha value is -3.79. The van der Waals surface area contributed by atoms with Crippen molar-refractivity contribution in [2.75, 3.05) is 18.0 Å². The second-order valence-electron chi connectivity index (χ2n) is 13.3. The van der Waals surface area contributed by atoms with Gasteiger partial charge in [0.2, 0.25) is 0 Å². The first kappa shape index (κ1) is 29.7. The highest BCUT2D eigenvalue weighted by Gasteiger charge is 2.44. The molecule has 42 heavy (non-hydrogen) atoms. The van der Waals surface area contributed by atoms with Gasteiger partial charge in [0.15, 0.2) is 0 Å². The van der Waals surface area contributed by atoms with E-state index in [2.05, 4.69) is 70.8 Å². The molecule has 0 spiro atoms. The molecule has 0 saturated heterocycles. The third-order valence-corrected chi connectivity index (χ3v) is 8.86. The standard InChI is InChI=1S/C35H44N4O3/c1-23-7-12-28(32-24(2)38-42-25(32)3)19-31(23)39(30-15-13-29(14-16-30)35(22-36)17-18-35)21-27-10-8-26(9-11-27)20-37-33(40)41-34(4,5)6/h7,12-16,19,26-27H,8-11,17-18,20-21H2,1-6H3,(H,37,40)/t26-,27-. The van der Waals surface area contributed by atoms with Crippen LogP contribution in [0.3, 0.4) is 0 Å². The lowest BCUT2D eigenvalue weighted by Crippen LogP contribution is -2.37. The average Bonchev–Trinajstić information content (AvgIpc) is 3.69. The number of anilines is 2. The predicted molar refractivity (Wildman–Crippen MR) is 166 cm³/mol. The van der Waals surface area contributed by atoms with Gasteiger partial charge in [-0.2, -0.15) is 5.26 Å². The number of alkyl carbamates (subject to hydrolysis) is 1. The van der Waals surface area contributed by atoms with Gasteiger partial charge in [-0.1, -0.05) is 29.4 Å². The molecule has 3 aromatic rings. The SMILES string of the molecule is Cc1ccc(-c2c(C)noc2C)cc1N(C[C@H]1CC[C@H](CNC(=O)OC(C)(C)C)CC1)c1ccc(C2(C#N)CC2)cc1. The minimum Gasteiger partial charge on any atom is -0.444 e. The van der Waals surface area contributed by atoms with Gasteiger partial charge in [0.25, 0.3) is 0 Å². The summed E-state index contributed by atoms with van der Waals surface area (Å²) in [7, 11) is 0. The van der Waals surface area contributed by atoms with E-state index in [1.807, 2.05) is 34.6 Å². The van der Waals surface area contributed by atoms with Crippen LogP contribution >= 0.6 is 0 Å². The van der Waals surface area contributed by atoms with Crippen LogP contribution in [-0.4, -0.2) is 29.9 Å². The highest BCUT2D eigenvalue weighted by atomic mass is 16.6. The number of carbonyl (C=O) groups excluding carboxylic acids is 1. The lowest BCUT2D eigenvalue weighted by Gasteiger charge is -2.35. The Kier molecular flexibility index (Phi) is 8.37. The summed E-state index contributed by atoms with van der Waals surface area (Å²) in [5.74, 6) is 1.81. The summed E-state index contributed by atoms with van der Waals surface area (Å²) in [6.07, 6.45) is 5.92. The molecule has 0 radical (unpaired) electrons. The van der Waals surface area contributed by atoms with Crippen LogP contribution in [0.15, 0.2) is 47.0 Å². The monoisotopic (exact) mass is 568 g/mol. The predicted octanol–water partition coefficient (Wildman–Crippen LogP) is 8.29. The van der Waals surface area contributed by atoms with Crippen molar-refractivity contribution in [3.8, 4) is 17.2 Å². The lowest BCUT2D eigenvalue weighted by atomic mass is 9.81. The Morgan fingerprint density at radius 2 is 1.74 bits per heavy atom. The van der Waals surface area contributed by atoms with E-state index in [1.165, 1.54) is 11.3 Å². The van der Waals surface area contributed by atoms with E-state index in [0.717, 1.165) is 78.9 Å². The van der Waals surface area contributed by atoms with Crippen molar-refractivity contribution in [1.29, 1.82) is 5.26 Å². The first-order valence-electron chi connectivity index (χ1n) is 15.3. The van der Waals surface area contributed by atoms with Crippen LogP contribution in [0.5, 0.6) is 0 Å². The molecular weight excluding hydrogens is 524 g/mol. The normalized spacial score (nSPS) is 19.5. The lowest BCUT2D eigenvalue weighted by molar-refractivity contribution is 0.0513. The number of nitrogens with one attached hydrogen (secondary N) is 1. The number of benzene rings is 2. The van der Waals surface area contributed by atoms with E-state index in [0.29, 0.717) is 18.4 Å². The van der Waals surface area contributed by atoms with Gasteiger partial charge in [-0.15, -0.1) is 0 Å². The maximum absolute atomic E-state index is 12.2. The number of rotatable bonds is 8. The van der Waals surface area contributed by atoms with Crippen LogP contribution in [0.4, 0.5) is 16.2 Å². The molecule has 5 rings (SSSR count). The molecule has 1 heterocycles. The molecule has 222 valence electrons. The van der Waals surface area contributed by atoms with Gasteiger partial charge in [0.05, 0.1) is 17.2 Å². The molecule has 0 atom stereocenters. The third-order valence-electron chi connectivity index (χ3n) is 8.86. The summed E-state index contributed by atoms with van der Waals surface area (Å²) in [5.41, 5.74) is 6.90. The van der Waals surface area contributed by atoms with Gasteiger partial charge in [-0.3, -0.25) is 0 Å². The van der Waals surface area contributed by atoms with E-state index in [4.69, 9.17) is 9.26 Å². The first-order chi connectivity index (χ1) is 20.0. The van der Waals surface area contributed by atoms with E-state index in [9.17, 15) is 10.1 Å². The summed E-state index contributed by atoms with van der Waals surface area (Å²) < 4.78 is 10.9. The highest BCUT2D eigenvalue weighted by Crippen LogP contribution is 2.48. The van der Waals surface area contributed by atoms with Crippen molar-refractivity contribution in [3.05, 3.63) is 65.0 Å². The minimum atomic E-state index is -0.488. The van der Waals surface area contributed by atoms with Crippen molar-refractivity contribution in [2.24, 2.45) is 11.8 Å². The number of amides is 1. The number of carbonyl (C=O) groups is 1. The number of aryl methyl sites for hydroxylation is 3. The fraction of sp³-hybridized carbons (Fsp3) is 0.514. The van der Waals surface area contributed by atoms with E-state index in [1.54, 1.807) is 0 Å². The topological polar surface area (TPSA) is 91.4 Å². The molecule has 2 aliphatic rings. The van der Waals surface area contributed by atoms with Crippen molar-refractivity contribution >= 4 is 17.5 Å². The maximum Gasteiger partial charge on any atom is 0.407 e. The molecule has 7 nitrogen and oxygen atoms in total. The molecule has 1 aromatic heterocycles. The van der Waals surface area contributed by atoms with Crippen molar-refractivity contribution in [2.45, 2.75) is 91.1 Å². The fourth-order valence-electron chi connectivity index (χ4n) is 6.26. The number of hydrogen-bond donors (Lipinski definition) is 1. The summed E-state index contributed by atoms with van der Waals surface area (Å²) in [6, 6.07) is 17.8. The zero-order chi connectivity index (χ0) is 30.1. The van der Waals surface area contributed by atoms with E-state index in [-0.39, 0.29) is 11.5 Å². The second kappa shape index (κ2) is 11.8. The van der Waals surface area contributed by atoms with Crippen molar-refractivity contribution < 1.29 is 14.1 Å². The molecular formula is C35H44N4O3. The number of nitriles is 1. The largest absolute Gasteiger partial charge is 0.444 e. The number of nitrogens with zero attached hydrogens (tertiary/aromatic N) is 3. The first-order valence-corrected chi connectivity index (χ1v) is 15.3. The summed E-state index contributed by atoms with van der Waals surface area (Å²) >= 11 is 0. The van der Waals surface area contributed by atoms with Gasteiger partial charge in [0.1, 0.15) is 11.4 Å². The van der Waals surface area contributed by atoms with Gasteiger partial charge in [-0.25, -0.2) is 4.79 Å². The van der Waals surface area contributed by atoms with Crippen molar-refractivity contribution in [3.63, 3.8) is 0 Å². The average molecular weight is 569 g/mol. The molecule has 0 unspecified atom stereocenters. The fourth-order valence-corrected chi connectivity index (χ4v) is 6.26. The molecule has 2 fully saturated rings. The zero-order valence-electron chi connectivity index (χ0n) is 25.9. The quantitative estimate of drug-likeness (QED) is 0.294. The smallest absolute Gasteiger partial charge is 0.407 e. The molecule has 2 aliphatic carbocycles. The molecule has 0 aliphatic heterocycles. The third kappa shape index (κ3) is 6.64. The minimum absolute atomic E-state index is 0.297. The Labute approximate surface area is 250 Å². The van der Waals surface area contributed by atoms with Crippen LogP contribution in [0, 0.1) is 43.9 Å². The van der Waals surface area contributed by atoms with Gasteiger partial charge >= 0.3 is 6.09 Å². The zero-order valence-corrected chi connectivity index (χ0v) is 25.9. The Morgan fingerprint density at radius 3 is 2.31 bits per heavy atom. The Balaban J connectivity index is 1.35. The molecule has 1 N–H and O–H groups in total. The molecule has 2 aromatic carbocycles. The van der Waals surface area contributed by atoms with Crippen LogP contribution < -0.4 is 10.2 Å². The molecule has 0 bridgehead atoms. The number of hydrogen-bond acceptors (Lipinski definition) is 6. The van der Waals surface area contributed by atoms with Crippen LogP contribution in [-0.2, 0) is 10.2 Å². The molecule has 2 saturated carbocycles. The summed E-state index contributed by atoms with van der Waals surface area (Å²) in [5, 5.41) is 16.9. The number of ether oxygens (including phenoxy) is 1. The Bertz CT molecular complexity index is 1430. The van der Waals surface area contributed by atoms with Gasteiger partial charge in [0, 0.05) is 30.0 Å². The van der Waals surface area contributed by atoms with Gasteiger partial charge in [-0.05, 0) is 127 Å². The second-order valence-corrected chi connectivity index (χ2v) is 13.3. The highest BCUT2D eigenvalue weighted by molar-refractivity contribution is 5.76. The molecule has 7 heteroatoms. The van der Waals surface area contributed by atoms with E-state index >= 15 is 0 Å². The van der Waals surface area contributed by atoms with Crippen molar-refractivity contribution in [1.82, 2.24) is 10.5 Å². The van der Waals surface area contributed by atoms with Gasteiger partial charge < -0.3 is 19.5 Å². The Morgan fingerprint density at radius 1 is 1.07 bits per heavy atom. The summed E-state index contributed by atoms with van der Waals surface area (Å²) in [4.78, 5) is 14.6. The van der Waals surface area contributed by atoms with Crippen LogP contribution in [0.25, 0.3) is 11.1 Å². The van der Waals surface area contributed by atoms with E-state index < -0.39 is 5.60 Å².